The molecule has 22 aromatic rings. The van der Waals surface area contributed by atoms with E-state index < -0.39 is 0 Å². The zero-order valence-corrected chi connectivity index (χ0v) is 56.9. The number of rotatable bonds is 9. The first-order chi connectivity index (χ1) is 49.5. The summed E-state index contributed by atoms with van der Waals surface area (Å²) >= 11 is 7.52. The number of anilines is 6. The lowest BCUT2D eigenvalue weighted by atomic mass is 10.0. The molecule has 100 heavy (non-hydrogen) atoms. The average molecular weight is 1340 g/mol. The molecule has 16 aromatic carbocycles. The van der Waals surface area contributed by atoms with Crippen molar-refractivity contribution < 1.29 is 0 Å². The Hall–Kier alpha value is -11.9. The number of para-hydroxylation sites is 2. The van der Waals surface area contributed by atoms with E-state index in [0.717, 1.165) is 45.5 Å². The second kappa shape index (κ2) is 21.8. The number of nitrogens with zero attached hydrogens (tertiary/aromatic N) is 4. The van der Waals surface area contributed by atoms with Crippen molar-refractivity contribution in [3.05, 3.63) is 328 Å². The molecular formula is C92H54N4S4. The van der Waals surface area contributed by atoms with Gasteiger partial charge < -0.3 is 18.9 Å². The van der Waals surface area contributed by atoms with Gasteiger partial charge in [0.25, 0.3) is 0 Å². The number of thiophene rings is 4. The zero-order chi connectivity index (χ0) is 65.3. The van der Waals surface area contributed by atoms with E-state index in [1.165, 1.54) is 157 Å². The quantitative estimate of drug-likeness (QED) is 0.143. The van der Waals surface area contributed by atoms with Crippen LogP contribution in [-0.4, -0.2) is 9.13 Å². The highest BCUT2D eigenvalue weighted by Gasteiger charge is 2.25. The molecule has 0 spiro atoms. The molecule has 0 aliphatic carbocycles. The predicted octanol–water partition coefficient (Wildman–Crippen LogP) is 28.3. The Morgan fingerprint density at radius 1 is 0.220 bits per heavy atom. The molecule has 0 fully saturated rings. The van der Waals surface area contributed by atoms with E-state index in [1.807, 2.05) is 45.3 Å². The van der Waals surface area contributed by atoms with Crippen molar-refractivity contribution in [2.45, 2.75) is 0 Å². The summed E-state index contributed by atoms with van der Waals surface area (Å²) in [5.41, 5.74) is 16.2. The van der Waals surface area contributed by atoms with Crippen LogP contribution < -0.4 is 9.80 Å². The molecule has 0 atom stereocenters. The molecule has 0 bridgehead atoms. The summed E-state index contributed by atoms with van der Waals surface area (Å²) in [5.74, 6) is 0. The van der Waals surface area contributed by atoms with Gasteiger partial charge in [-0.3, -0.25) is 0 Å². The summed E-state index contributed by atoms with van der Waals surface area (Å²) in [6, 6.07) is 123. The van der Waals surface area contributed by atoms with Gasteiger partial charge in [-0.2, -0.15) is 0 Å². The number of hydrogen-bond donors (Lipinski definition) is 0. The first-order valence-corrected chi connectivity index (χ1v) is 37.2. The molecule has 0 saturated heterocycles. The number of hydrogen-bond acceptors (Lipinski definition) is 6. The lowest BCUT2D eigenvalue weighted by molar-refractivity contribution is 1.18. The minimum absolute atomic E-state index is 1.10. The molecule has 0 amide bonds. The van der Waals surface area contributed by atoms with Crippen LogP contribution in [0.2, 0.25) is 0 Å². The summed E-state index contributed by atoms with van der Waals surface area (Å²) in [6.07, 6.45) is 0. The van der Waals surface area contributed by atoms with Crippen molar-refractivity contribution in [2.75, 3.05) is 9.80 Å². The van der Waals surface area contributed by atoms with Gasteiger partial charge in [-0.15, -0.1) is 45.3 Å². The molecular weight excluding hydrogens is 1290 g/mol. The zero-order valence-electron chi connectivity index (χ0n) is 53.6. The molecule has 22 rings (SSSR count). The molecule has 8 heteroatoms. The van der Waals surface area contributed by atoms with Gasteiger partial charge in [0.15, 0.2) is 0 Å². The standard InChI is InChI=1S/C92H54N4S4/c1-3-18-58(19-4-1)95-80-47-32-55-16-7-9-22-66(55)90(80)79-46-38-61(50-82(79)95)94(63-35-43-74-71-25-12-14-29-84(71)98-87(74)52-63)64-36-44-75-72-39-31-57(48-85(72)99-88(75)53-64)68-26-15-27-78-76-45-37-65(54-89(76)100-92(68)78)93(62-34-42-73-70-24-11-13-28-83(70)97-86(73)51-62)60-33-41-69-77-40-30-56-17-8-10-23-67(56)91(77)96(81(69)49-60)59-20-5-2-6-21-59/h1-54H. The Bertz CT molecular complexity index is 7190. The fourth-order valence-corrected chi connectivity index (χ4v) is 21.1. The maximum Gasteiger partial charge on any atom is 0.0619 e. The maximum atomic E-state index is 2.48. The number of aromatic nitrogens is 2. The fourth-order valence-electron chi connectivity index (χ4n) is 16.3. The monoisotopic (exact) mass is 1340 g/mol. The third-order valence-corrected chi connectivity index (χ3v) is 25.4. The molecule has 0 saturated carbocycles. The Morgan fingerprint density at radius 2 is 0.620 bits per heavy atom. The Kier molecular flexibility index (Phi) is 12.3. The lowest BCUT2D eigenvalue weighted by Gasteiger charge is -2.26. The number of benzene rings is 16. The third kappa shape index (κ3) is 8.49. The van der Waals surface area contributed by atoms with Crippen LogP contribution in [-0.2, 0) is 0 Å². The van der Waals surface area contributed by atoms with E-state index >= 15 is 0 Å². The Morgan fingerprint density at radius 3 is 1.22 bits per heavy atom. The van der Waals surface area contributed by atoms with Gasteiger partial charge in [-0.05, 0) is 149 Å². The molecule has 6 aromatic heterocycles. The highest BCUT2D eigenvalue weighted by molar-refractivity contribution is 7.27. The van der Waals surface area contributed by atoms with Crippen molar-refractivity contribution in [1.29, 1.82) is 0 Å². The van der Waals surface area contributed by atoms with E-state index in [-0.39, 0.29) is 0 Å². The largest absolute Gasteiger partial charge is 0.310 e. The first-order valence-electron chi connectivity index (χ1n) is 33.9. The van der Waals surface area contributed by atoms with Crippen LogP contribution in [0.15, 0.2) is 328 Å². The van der Waals surface area contributed by atoms with Crippen molar-refractivity contribution in [3.8, 4) is 22.5 Å². The van der Waals surface area contributed by atoms with Gasteiger partial charge in [0.1, 0.15) is 0 Å². The highest BCUT2D eigenvalue weighted by Crippen LogP contribution is 2.50. The van der Waals surface area contributed by atoms with Crippen LogP contribution in [0.5, 0.6) is 0 Å². The fraction of sp³-hybridized carbons (Fsp3) is 0. The smallest absolute Gasteiger partial charge is 0.0619 e. The molecule has 0 aliphatic heterocycles. The van der Waals surface area contributed by atoms with Gasteiger partial charge in [-0.1, -0.05) is 206 Å². The van der Waals surface area contributed by atoms with Crippen molar-refractivity contribution >= 4 is 225 Å². The summed E-state index contributed by atoms with van der Waals surface area (Å²) in [6.45, 7) is 0. The van der Waals surface area contributed by atoms with Gasteiger partial charge in [0.2, 0.25) is 0 Å². The average Bonchev–Trinajstić information content (AvgIpc) is 1.57. The summed E-state index contributed by atoms with van der Waals surface area (Å²) in [4.78, 5) is 4.96. The van der Waals surface area contributed by atoms with Crippen LogP contribution in [0.25, 0.3) is 168 Å². The van der Waals surface area contributed by atoms with Crippen LogP contribution in [0, 0.1) is 0 Å². The van der Waals surface area contributed by atoms with Crippen molar-refractivity contribution in [1.82, 2.24) is 9.13 Å². The molecule has 6 heterocycles. The van der Waals surface area contributed by atoms with Crippen molar-refractivity contribution in [2.24, 2.45) is 0 Å². The minimum Gasteiger partial charge on any atom is -0.310 e. The predicted molar refractivity (Wildman–Crippen MR) is 436 cm³/mol. The van der Waals surface area contributed by atoms with Crippen LogP contribution in [0.4, 0.5) is 34.1 Å². The molecule has 0 radical (unpaired) electrons. The molecule has 4 nitrogen and oxygen atoms in total. The molecule has 0 unspecified atom stereocenters. The van der Waals surface area contributed by atoms with E-state index in [4.69, 9.17) is 0 Å². The SMILES string of the molecule is c1ccc(-n2c3cc(N(c4ccc5c(c4)sc4ccccc45)c4ccc5c(c4)sc4cc(-c6cccc7c6sc6cc(N(c8ccc9c(c8)sc8ccccc89)c8ccc9c%10ccc%11ccccc%11c%10n(-c%10ccccc%10)c9c8)ccc67)ccc45)ccc3c3c4ccccc4ccc32)cc1. The summed E-state index contributed by atoms with van der Waals surface area (Å²) in [5, 5.41) is 20.2. The topological polar surface area (TPSA) is 16.3 Å². The van der Waals surface area contributed by atoms with E-state index in [9.17, 15) is 0 Å². The normalized spacial score (nSPS) is 12.2. The van der Waals surface area contributed by atoms with E-state index in [0.29, 0.717) is 0 Å². The van der Waals surface area contributed by atoms with Crippen molar-refractivity contribution in [3.63, 3.8) is 0 Å². The highest BCUT2D eigenvalue weighted by atomic mass is 32.1. The Labute approximate surface area is 589 Å². The summed E-state index contributed by atoms with van der Waals surface area (Å²) < 4.78 is 15.1. The second-order valence-corrected chi connectivity index (χ2v) is 30.6. The van der Waals surface area contributed by atoms with Gasteiger partial charge in [0, 0.05) is 153 Å². The molecule has 0 aliphatic rings. The Balaban J connectivity index is 0.677. The van der Waals surface area contributed by atoms with Crippen LogP contribution in [0.1, 0.15) is 0 Å². The van der Waals surface area contributed by atoms with Gasteiger partial charge in [-0.25, -0.2) is 0 Å². The maximum absolute atomic E-state index is 2.48. The van der Waals surface area contributed by atoms with Gasteiger partial charge >= 0.3 is 0 Å². The summed E-state index contributed by atoms with van der Waals surface area (Å²) in [7, 11) is 0. The molecule has 466 valence electrons. The first kappa shape index (κ1) is 56.2. The lowest BCUT2D eigenvalue weighted by Crippen LogP contribution is -2.10. The second-order valence-electron chi connectivity index (χ2n) is 26.3. The number of fused-ring (bicyclic) bond motifs is 22. The van der Waals surface area contributed by atoms with E-state index in [1.54, 1.807) is 0 Å². The van der Waals surface area contributed by atoms with Crippen LogP contribution >= 0.6 is 45.3 Å². The van der Waals surface area contributed by atoms with E-state index in [2.05, 4.69) is 347 Å². The minimum atomic E-state index is 1.10. The van der Waals surface area contributed by atoms with Gasteiger partial charge in [0.05, 0.1) is 22.1 Å². The third-order valence-electron chi connectivity index (χ3n) is 20.8. The molecule has 0 N–H and O–H groups in total. The van der Waals surface area contributed by atoms with Crippen LogP contribution in [0.3, 0.4) is 0 Å².